The molecule has 1 atom stereocenters. The van der Waals surface area contributed by atoms with E-state index in [4.69, 9.17) is 4.74 Å². The number of aromatic hydroxyl groups is 1. The van der Waals surface area contributed by atoms with Crippen LogP contribution in [0.3, 0.4) is 0 Å². The number of hydrazone groups is 1. The highest BCUT2D eigenvalue weighted by Gasteiger charge is 2.12. The fourth-order valence-electron chi connectivity index (χ4n) is 2.81. The minimum absolute atomic E-state index is 0.109. The summed E-state index contributed by atoms with van der Waals surface area (Å²) in [5.74, 6) is 0.603. The molecule has 3 rings (SSSR count). The van der Waals surface area contributed by atoms with Gasteiger partial charge >= 0.3 is 0 Å². The number of hydrogen-bond acceptors (Lipinski definition) is 5. The van der Waals surface area contributed by atoms with E-state index in [-0.39, 0.29) is 11.7 Å². The summed E-state index contributed by atoms with van der Waals surface area (Å²) in [4.78, 5) is 12.3. The molecule has 0 saturated carbocycles. The van der Waals surface area contributed by atoms with Crippen molar-refractivity contribution in [2.45, 2.75) is 19.9 Å². The van der Waals surface area contributed by atoms with Gasteiger partial charge in [0.05, 0.1) is 12.8 Å². The van der Waals surface area contributed by atoms with E-state index < -0.39 is 6.04 Å². The molecule has 0 aromatic heterocycles. The predicted molar refractivity (Wildman–Crippen MR) is 112 cm³/mol. The SMILES string of the molecule is CCOc1ccc(NC(C)C(=O)NN=Cc2c(O)ccc3ccccc23)cc1. The van der Waals surface area contributed by atoms with Crippen molar-refractivity contribution >= 4 is 28.6 Å². The minimum Gasteiger partial charge on any atom is -0.507 e. The first-order valence-corrected chi connectivity index (χ1v) is 9.11. The molecule has 3 N–H and O–H groups in total. The summed E-state index contributed by atoms with van der Waals surface area (Å²) < 4.78 is 5.40. The molecule has 0 heterocycles. The lowest BCUT2D eigenvalue weighted by molar-refractivity contribution is -0.121. The zero-order valence-electron chi connectivity index (χ0n) is 15.8. The Kier molecular flexibility index (Phi) is 6.11. The van der Waals surface area contributed by atoms with Gasteiger partial charge in [0.1, 0.15) is 17.5 Å². The Balaban J connectivity index is 1.63. The Bertz CT molecular complexity index is 984. The van der Waals surface area contributed by atoms with Crippen LogP contribution in [-0.4, -0.2) is 29.9 Å². The maximum Gasteiger partial charge on any atom is 0.262 e. The summed E-state index contributed by atoms with van der Waals surface area (Å²) in [6, 6.07) is 18.0. The molecular formula is C22H23N3O3. The van der Waals surface area contributed by atoms with Crippen LogP contribution >= 0.6 is 0 Å². The summed E-state index contributed by atoms with van der Waals surface area (Å²) in [5.41, 5.74) is 3.87. The van der Waals surface area contributed by atoms with E-state index in [1.165, 1.54) is 6.21 Å². The van der Waals surface area contributed by atoms with Crippen LogP contribution in [0.2, 0.25) is 0 Å². The molecule has 0 radical (unpaired) electrons. The fraction of sp³-hybridized carbons (Fsp3) is 0.182. The average Bonchev–Trinajstić information content (AvgIpc) is 2.71. The molecule has 0 aliphatic carbocycles. The molecule has 6 nitrogen and oxygen atoms in total. The predicted octanol–water partition coefficient (Wildman–Crippen LogP) is 3.89. The van der Waals surface area contributed by atoms with Crippen molar-refractivity contribution in [3.63, 3.8) is 0 Å². The Morgan fingerprint density at radius 2 is 1.89 bits per heavy atom. The van der Waals surface area contributed by atoms with Crippen LogP contribution in [0.4, 0.5) is 5.69 Å². The van der Waals surface area contributed by atoms with Crippen LogP contribution in [0.15, 0.2) is 65.8 Å². The van der Waals surface area contributed by atoms with E-state index in [1.807, 2.05) is 61.5 Å². The van der Waals surface area contributed by atoms with E-state index >= 15 is 0 Å². The molecule has 144 valence electrons. The van der Waals surface area contributed by atoms with Crippen molar-refractivity contribution < 1.29 is 14.6 Å². The second kappa shape index (κ2) is 8.90. The zero-order chi connectivity index (χ0) is 19.9. The summed E-state index contributed by atoms with van der Waals surface area (Å²) >= 11 is 0. The highest BCUT2D eigenvalue weighted by atomic mass is 16.5. The van der Waals surface area contributed by atoms with Crippen LogP contribution in [0.1, 0.15) is 19.4 Å². The standard InChI is InChI=1S/C22H23N3O3/c1-3-28-18-11-9-17(10-12-18)24-15(2)22(27)25-23-14-20-19-7-5-4-6-16(19)8-13-21(20)26/h4-15,24,26H,3H2,1-2H3,(H,25,27). The average molecular weight is 377 g/mol. The fourth-order valence-corrected chi connectivity index (χ4v) is 2.81. The quantitative estimate of drug-likeness (QED) is 0.431. The Morgan fingerprint density at radius 3 is 2.64 bits per heavy atom. The molecule has 0 saturated heterocycles. The molecule has 0 aliphatic heterocycles. The third-order valence-electron chi connectivity index (χ3n) is 4.26. The second-order valence-corrected chi connectivity index (χ2v) is 6.28. The molecular weight excluding hydrogens is 354 g/mol. The number of nitrogens with one attached hydrogen (secondary N) is 2. The van der Waals surface area contributed by atoms with Crippen molar-refractivity contribution in [2.75, 3.05) is 11.9 Å². The van der Waals surface area contributed by atoms with Gasteiger partial charge < -0.3 is 15.2 Å². The second-order valence-electron chi connectivity index (χ2n) is 6.28. The zero-order valence-corrected chi connectivity index (χ0v) is 15.8. The first kappa shape index (κ1) is 19.2. The molecule has 3 aromatic rings. The largest absolute Gasteiger partial charge is 0.507 e. The number of hydrogen-bond donors (Lipinski definition) is 3. The number of amides is 1. The number of rotatable bonds is 7. The van der Waals surface area contributed by atoms with Crippen molar-refractivity contribution in [1.82, 2.24) is 5.43 Å². The van der Waals surface area contributed by atoms with Gasteiger partial charge in [-0.1, -0.05) is 30.3 Å². The molecule has 28 heavy (non-hydrogen) atoms. The number of phenolic OH excluding ortho intramolecular Hbond substituents is 1. The number of phenols is 1. The van der Waals surface area contributed by atoms with E-state index in [0.717, 1.165) is 22.2 Å². The number of carbonyl (C=O) groups excluding carboxylic acids is 1. The third kappa shape index (κ3) is 4.59. The number of nitrogens with zero attached hydrogens (tertiary/aromatic N) is 1. The van der Waals surface area contributed by atoms with Crippen LogP contribution in [0.5, 0.6) is 11.5 Å². The smallest absolute Gasteiger partial charge is 0.262 e. The lowest BCUT2D eigenvalue weighted by Crippen LogP contribution is -2.34. The number of carbonyl (C=O) groups is 1. The van der Waals surface area contributed by atoms with Crippen LogP contribution in [0, 0.1) is 0 Å². The van der Waals surface area contributed by atoms with E-state index in [2.05, 4.69) is 15.8 Å². The first-order valence-electron chi connectivity index (χ1n) is 9.11. The maximum absolute atomic E-state index is 12.3. The summed E-state index contributed by atoms with van der Waals surface area (Å²) in [7, 11) is 0. The Labute approximate surface area is 163 Å². The third-order valence-corrected chi connectivity index (χ3v) is 4.26. The van der Waals surface area contributed by atoms with Gasteiger partial charge in [-0.15, -0.1) is 0 Å². The molecule has 0 spiro atoms. The number of ether oxygens (including phenoxy) is 1. The summed E-state index contributed by atoms with van der Waals surface area (Å²) in [6.07, 6.45) is 1.46. The van der Waals surface area contributed by atoms with E-state index in [9.17, 15) is 9.90 Å². The summed E-state index contributed by atoms with van der Waals surface area (Å²) in [5, 5.41) is 19.1. The van der Waals surface area contributed by atoms with Gasteiger partial charge in [-0.2, -0.15) is 5.10 Å². The summed E-state index contributed by atoms with van der Waals surface area (Å²) in [6.45, 7) is 4.28. The van der Waals surface area contributed by atoms with Gasteiger partial charge in [0.2, 0.25) is 0 Å². The Morgan fingerprint density at radius 1 is 1.14 bits per heavy atom. The molecule has 1 amide bonds. The number of fused-ring (bicyclic) bond motifs is 1. The van der Waals surface area contributed by atoms with E-state index in [0.29, 0.717) is 12.2 Å². The maximum atomic E-state index is 12.3. The van der Waals surface area contributed by atoms with Crippen molar-refractivity contribution in [3.8, 4) is 11.5 Å². The highest BCUT2D eigenvalue weighted by Crippen LogP contribution is 2.25. The lowest BCUT2D eigenvalue weighted by Gasteiger charge is -2.14. The van der Waals surface area contributed by atoms with Crippen LogP contribution < -0.4 is 15.5 Å². The normalized spacial score (nSPS) is 12.1. The molecule has 0 bridgehead atoms. The number of anilines is 1. The van der Waals surface area contributed by atoms with Crippen LogP contribution in [0.25, 0.3) is 10.8 Å². The van der Waals surface area contributed by atoms with Gasteiger partial charge in [-0.05, 0) is 55.0 Å². The van der Waals surface area contributed by atoms with Crippen molar-refractivity contribution in [3.05, 3.63) is 66.2 Å². The molecule has 1 unspecified atom stereocenters. The van der Waals surface area contributed by atoms with Gasteiger partial charge in [0.25, 0.3) is 5.91 Å². The molecule has 3 aromatic carbocycles. The van der Waals surface area contributed by atoms with Crippen LogP contribution in [-0.2, 0) is 4.79 Å². The van der Waals surface area contributed by atoms with Gasteiger partial charge in [-0.25, -0.2) is 5.43 Å². The molecule has 6 heteroatoms. The first-order chi connectivity index (χ1) is 13.6. The van der Waals surface area contributed by atoms with E-state index in [1.54, 1.807) is 13.0 Å². The Hall–Kier alpha value is -3.54. The monoisotopic (exact) mass is 377 g/mol. The van der Waals surface area contributed by atoms with Crippen molar-refractivity contribution in [2.24, 2.45) is 5.10 Å². The highest BCUT2D eigenvalue weighted by molar-refractivity contribution is 6.02. The molecule has 0 aliphatic rings. The minimum atomic E-state index is -0.490. The van der Waals surface area contributed by atoms with Gasteiger partial charge in [-0.3, -0.25) is 4.79 Å². The van der Waals surface area contributed by atoms with Crippen molar-refractivity contribution in [1.29, 1.82) is 0 Å². The number of benzene rings is 3. The topological polar surface area (TPSA) is 83.0 Å². The van der Waals surface area contributed by atoms with Gasteiger partial charge in [0.15, 0.2) is 0 Å². The van der Waals surface area contributed by atoms with Gasteiger partial charge in [0, 0.05) is 11.3 Å². The molecule has 0 fully saturated rings. The lowest BCUT2D eigenvalue weighted by atomic mass is 10.0.